The second kappa shape index (κ2) is 8.61. The van der Waals surface area contributed by atoms with E-state index in [-0.39, 0.29) is 18.1 Å². The van der Waals surface area contributed by atoms with E-state index in [1.807, 2.05) is 26.8 Å². The zero-order valence-corrected chi connectivity index (χ0v) is 18.0. The van der Waals surface area contributed by atoms with E-state index in [9.17, 15) is 4.79 Å². The van der Waals surface area contributed by atoms with Crippen LogP contribution in [0.1, 0.15) is 52.0 Å². The van der Waals surface area contributed by atoms with Gasteiger partial charge < -0.3 is 24.4 Å². The van der Waals surface area contributed by atoms with E-state index >= 15 is 0 Å². The summed E-state index contributed by atoms with van der Waals surface area (Å²) in [5.74, 6) is 1.09. The van der Waals surface area contributed by atoms with Gasteiger partial charge in [-0.15, -0.1) is 0 Å². The third kappa shape index (κ3) is 4.83. The molecule has 1 aromatic carbocycles. The summed E-state index contributed by atoms with van der Waals surface area (Å²) in [7, 11) is 3.31. The fourth-order valence-electron chi connectivity index (χ4n) is 4.38. The van der Waals surface area contributed by atoms with E-state index in [0.717, 1.165) is 49.4 Å². The number of nitrogens with one attached hydrogen (secondary N) is 1. The molecule has 1 saturated heterocycles. The highest BCUT2D eigenvalue weighted by Gasteiger charge is 2.47. The number of nitrogens with zero attached hydrogens (tertiary/aromatic N) is 1. The van der Waals surface area contributed by atoms with Crippen LogP contribution in [0.3, 0.4) is 0 Å². The summed E-state index contributed by atoms with van der Waals surface area (Å²) in [6.45, 7) is 6.29. The summed E-state index contributed by atoms with van der Waals surface area (Å²) in [6, 6.07) is 6.49. The van der Waals surface area contributed by atoms with E-state index < -0.39 is 11.6 Å². The molecule has 0 aromatic heterocycles. The van der Waals surface area contributed by atoms with Crippen molar-refractivity contribution in [2.75, 3.05) is 27.4 Å². The minimum atomic E-state index is -0.523. The van der Waals surface area contributed by atoms with Gasteiger partial charge in [-0.05, 0) is 64.3 Å². The molecule has 0 radical (unpaired) electrons. The molecule has 0 spiro atoms. The lowest BCUT2D eigenvalue weighted by Gasteiger charge is -2.40. The molecule has 0 unspecified atom stereocenters. The third-order valence-corrected chi connectivity index (χ3v) is 5.68. The Bertz CT molecular complexity index is 771. The van der Waals surface area contributed by atoms with Crippen LogP contribution in [0.2, 0.25) is 0 Å². The number of rotatable bonds is 6. The predicted octanol–water partition coefficient (Wildman–Crippen LogP) is 3.20. The number of ether oxygens (including phenoxy) is 3. The molecular formula is C22H32N2O5. The number of hydrogen-bond acceptors (Lipinski definition) is 7. The summed E-state index contributed by atoms with van der Waals surface area (Å²) < 4.78 is 16.1. The van der Waals surface area contributed by atoms with Crippen LogP contribution in [-0.2, 0) is 19.8 Å². The van der Waals surface area contributed by atoms with E-state index in [0.29, 0.717) is 0 Å². The molecule has 1 aliphatic heterocycles. The van der Waals surface area contributed by atoms with Crippen LogP contribution < -0.4 is 14.8 Å². The molecule has 29 heavy (non-hydrogen) atoms. The molecule has 2 aliphatic rings. The van der Waals surface area contributed by atoms with Crippen LogP contribution in [0.4, 0.5) is 0 Å². The number of carbonyl (C=O) groups excluding carboxylic acids is 1. The molecule has 2 fully saturated rings. The second-order valence-electron chi connectivity index (χ2n) is 8.70. The van der Waals surface area contributed by atoms with Gasteiger partial charge in [-0.25, -0.2) is 4.79 Å². The lowest BCUT2D eigenvalue weighted by molar-refractivity contribution is -0.160. The average molecular weight is 405 g/mol. The number of hydrogen-bond donors (Lipinski definition) is 1. The Hall–Kier alpha value is -2.28. The van der Waals surface area contributed by atoms with Crippen LogP contribution in [0.15, 0.2) is 23.4 Å². The van der Waals surface area contributed by atoms with Crippen LogP contribution >= 0.6 is 0 Å². The van der Waals surface area contributed by atoms with E-state index in [1.165, 1.54) is 5.56 Å². The van der Waals surface area contributed by atoms with Gasteiger partial charge in [0.25, 0.3) is 0 Å². The predicted molar refractivity (Wildman–Crippen MR) is 111 cm³/mol. The first-order valence-corrected chi connectivity index (χ1v) is 10.1. The number of fused-ring (bicyclic) bond motifs is 1. The Morgan fingerprint density at radius 2 is 1.97 bits per heavy atom. The molecular weight excluding hydrogens is 372 g/mol. The smallest absolute Gasteiger partial charge is 0.347 e. The first-order chi connectivity index (χ1) is 13.8. The van der Waals surface area contributed by atoms with E-state index in [2.05, 4.69) is 22.6 Å². The van der Waals surface area contributed by atoms with Crippen molar-refractivity contribution in [1.82, 2.24) is 5.32 Å². The number of esters is 1. The minimum Gasteiger partial charge on any atom is -0.493 e. The number of carbonyl (C=O) groups is 1. The van der Waals surface area contributed by atoms with Crippen LogP contribution in [0.25, 0.3) is 0 Å². The molecule has 0 amide bonds. The van der Waals surface area contributed by atoms with Gasteiger partial charge in [-0.1, -0.05) is 11.2 Å². The summed E-state index contributed by atoms with van der Waals surface area (Å²) in [5, 5.41) is 7.85. The highest BCUT2D eigenvalue weighted by atomic mass is 16.7. The van der Waals surface area contributed by atoms with E-state index in [1.54, 1.807) is 14.2 Å². The van der Waals surface area contributed by atoms with Crippen LogP contribution in [-0.4, -0.2) is 50.7 Å². The van der Waals surface area contributed by atoms with Crippen molar-refractivity contribution in [3.8, 4) is 11.5 Å². The van der Waals surface area contributed by atoms with Crippen molar-refractivity contribution in [2.24, 2.45) is 5.16 Å². The van der Waals surface area contributed by atoms with Crippen molar-refractivity contribution < 1.29 is 23.8 Å². The van der Waals surface area contributed by atoms with Crippen LogP contribution in [0.5, 0.6) is 11.5 Å². The van der Waals surface area contributed by atoms with E-state index in [4.69, 9.17) is 19.0 Å². The van der Waals surface area contributed by atoms with Gasteiger partial charge in [0.15, 0.2) is 11.5 Å². The lowest BCUT2D eigenvalue weighted by Crippen LogP contribution is -2.45. The summed E-state index contributed by atoms with van der Waals surface area (Å²) in [5.41, 5.74) is 1.76. The van der Waals surface area contributed by atoms with Crippen LogP contribution in [0, 0.1) is 0 Å². The largest absolute Gasteiger partial charge is 0.493 e. The Kier molecular flexibility index (Phi) is 6.36. The molecule has 7 heteroatoms. The number of methoxy groups -OCH3 is 2. The summed E-state index contributed by atoms with van der Waals surface area (Å²) >= 11 is 0. The third-order valence-electron chi connectivity index (χ3n) is 5.68. The standard InChI is InChI=1S/C22H32N2O5/c1-21(2,3)29-20(25)14-28-24-16-8-9-22(10-11-23-19(22)13-16)15-6-7-17(26-4)18(12-15)27-5/h6-7,12,19,23H,8-11,13-14H2,1-5H3/b24-16+/t19-,22-/m0/s1. The molecule has 1 saturated carbocycles. The fourth-order valence-corrected chi connectivity index (χ4v) is 4.38. The maximum atomic E-state index is 11.8. The van der Waals surface area contributed by atoms with Gasteiger partial charge >= 0.3 is 5.97 Å². The van der Waals surface area contributed by atoms with Gasteiger partial charge in [0.2, 0.25) is 6.61 Å². The molecule has 3 rings (SSSR count). The summed E-state index contributed by atoms with van der Waals surface area (Å²) in [4.78, 5) is 17.1. The first kappa shape index (κ1) is 21.4. The monoisotopic (exact) mass is 404 g/mol. The molecule has 7 nitrogen and oxygen atoms in total. The SMILES string of the molecule is COc1ccc([C@]23CCN[C@H]2C/C(=N/OCC(=O)OC(C)(C)C)CC3)cc1OC. The van der Waals surface area contributed by atoms with Crippen molar-refractivity contribution >= 4 is 11.7 Å². The highest BCUT2D eigenvalue weighted by molar-refractivity contribution is 5.86. The van der Waals surface area contributed by atoms with Gasteiger partial charge in [0, 0.05) is 17.9 Å². The molecule has 1 aromatic rings. The molecule has 160 valence electrons. The maximum absolute atomic E-state index is 11.8. The average Bonchev–Trinajstić information content (AvgIpc) is 3.10. The van der Waals surface area contributed by atoms with Gasteiger partial charge in [0.1, 0.15) is 5.60 Å². The summed E-state index contributed by atoms with van der Waals surface area (Å²) in [6.07, 6.45) is 3.66. The fraction of sp³-hybridized carbons (Fsp3) is 0.636. The van der Waals surface area contributed by atoms with Gasteiger partial charge in [-0.2, -0.15) is 0 Å². The maximum Gasteiger partial charge on any atom is 0.347 e. The van der Waals surface area contributed by atoms with Crippen molar-refractivity contribution in [2.45, 2.75) is 63.5 Å². The van der Waals surface area contributed by atoms with Gasteiger partial charge in [0.05, 0.1) is 19.9 Å². The van der Waals surface area contributed by atoms with Crippen molar-refractivity contribution in [3.05, 3.63) is 23.8 Å². The normalized spacial score (nSPS) is 25.4. The number of benzene rings is 1. The molecule has 1 heterocycles. The van der Waals surface area contributed by atoms with Crippen molar-refractivity contribution in [3.63, 3.8) is 0 Å². The molecule has 1 aliphatic carbocycles. The Labute approximate surface area is 172 Å². The van der Waals surface area contributed by atoms with Gasteiger partial charge in [-0.3, -0.25) is 0 Å². The Balaban J connectivity index is 1.67. The molecule has 1 N–H and O–H groups in total. The zero-order chi connectivity index (χ0) is 21.1. The minimum absolute atomic E-state index is 0.0454. The topological polar surface area (TPSA) is 78.4 Å². The Morgan fingerprint density at radius 3 is 2.66 bits per heavy atom. The highest BCUT2D eigenvalue weighted by Crippen LogP contribution is 2.46. The Morgan fingerprint density at radius 1 is 1.21 bits per heavy atom. The van der Waals surface area contributed by atoms with Crippen molar-refractivity contribution in [1.29, 1.82) is 0 Å². The second-order valence-corrected chi connectivity index (χ2v) is 8.70. The lowest BCUT2D eigenvalue weighted by atomic mass is 9.66. The quantitative estimate of drug-likeness (QED) is 0.579. The molecule has 2 atom stereocenters. The number of oxime groups is 1. The molecule has 0 bridgehead atoms. The first-order valence-electron chi connectivity index (χ1n) is 10.1. The zero-order valence-electron chi connectivity index (χ0n) is 18.0.